The van der Waals surface area contributed by atoms with Gasteiger partial charge in [-0.05, 0) is 32.9 Å². The van der Waals surface area contributed by atoms with Crippen LogP contribution >= 0.6 is 0 Å². The number of rotatable bonds is 5. The van der Waals surface area contributed by atoms with Crippen LogP contribution in [-0.4, -0.2) is 41.5 Å². The van der Waals surface area contributed by atoms with Crippen LogP contribution in [-0.2, 0) is 13.7 Å². The van der Waals surface area contributed by atoms with Gasteiger partial charge in [0.1, 0.15) is 6.67 Å². The predicted octanol–water partition coefficient (Wildman–Crippen LogP) is 1.15. The Kier molecular flexibility index (Phi) is 4.65. The molecule has 0 bridgehead atoms. The van der Waals surface area contributed by atoms with Crippen LogP contribution in [0, 0.1) is 26.7 Å². The van der Waals surface area contributed by atoms with Crippen LogP contribution in [0.25, 0.3) is 0 Å². The first-order valence-electron chi connectivity index (χ1n) is 7.92. The lowest BCUT2D eigenvalue weighted by Gasteiger charge is -2.04. The van der Waals surface area contributed by atoms with E-state index < -0.39 is 11.9 Å². The third-order valence-electron chi connectivity index (χ3n) is 3.81. The Bertz CT molecular complexity index is 981. The smallest absolute Gasteiger partial charge is 0.265 e. The zero-order chi connectivity index (χ0) is 18.8. The first-order chi connectivity index (χ1) is 12.3. The molecular weight excluding hydrogens is 339 g/mol. The topological polar surface area (TPSA) is 94.9 Å². The Morgan fingerprint density at radius 3 is 2.69 bits per heavy atom. The minimum absolute atomic E-state index is 0.201. The van der Waals surface area contributed by atoms with Gasteiger partial charge >= 0.3 is 0 Å². The van der Waals surface area contributed by atoms with Crippen molar-refractivity contribution in [1.29, 1.82) is 0 Å². The average molecular weight is 358 g/mol. The third kappa shape index (κ3) is 3.53. The van der Waals surface area contributed by atoms with Gasteiger partial charge in [0, 0.05) is 18.9 Å². The van der Waals surface area contributed by atoms with Crippen molar-refractivity contribution < 1.29 is 9.18 Å². The van der Waals surface area contributed by atoms with Crippen molar-refractivity contribution in [3.63, 3.8) is 0 Å². The number of hydrogen-bond donors (Lipinski definition) is 1. The maximum atomic E-state index is 13.8. The van der Waals surface area contributed by atoms with Crippen molar-refractivity contribution in [1.82, 2.24) is 34.8 Å². The zero-order valence-electron chi connectivity index (χ0n) is 14.9. The molecule has 0 unspecified atom stereocenters. The lowest BCUT2D eigenvalue weighted by atomic mass is 10.3. The van der Waals surface area contributed by atoms with Crippen molar-refractivity contribution in [3.05, 3.63) is 52.6 Å². The summed E-state index contributed by atoms with van der Waals surface area (Å²) in [4.78, 5) is 12.1. The lowest BCUT2D eigenvalue weighted by Crippen LogP contribution is -2.19. The molecule has 0 aliphatic rings. The molecule has 0 radical (unpaired) electrons. The summed E-state index contributed by atoms with van der Waals surface area (Å²) in [5.41, 5.74) is 5.16. The summed E-state index contributed by atoms with van der Waals surface area (Å²) in [6, 6.07) is 3.54. The molecule has 0 spiro atoms. The fourth-order valence-corrected chi connectivity index (χ4v) is 2.52. The lowest BCUT2D eigenvalue weighted by molar-refractivity contribution is 0.0949. The number of amides is 1. The molecule has 10 heteroatoms. The molecule has 3 aromatic heterocycles. The van der Waals surface area contributed by atoms with E-state index in [1.54, 1.807) is 28.6 Å². The second-order valence-electron chi connectivity index (χ2n) is 5.92. The van der Waals surface area contributed by atoms with E-state index in [4.69, 9.17) is 0 Å². The largest absolute Gasteiger partial charge is 0.291 e. The Hall–Kier alpha value is -3.30. The number of halogens is 1. The molecule has 1 amide bonds. The van der Waals surface area contributed by atoms with Gasteiger partial charge in [-0.25, -0.2) is 14.8 Å². The average Bonchev–Trinajstić information content (AvgIpc) is 3.23. The molecule has 136 valence electrons. The molecule has 0 aliphatic carbocycles. The molecule has 1 N–H and O–H groups in total. The predicted molar refractivity (Wildman–Crippen MR) is 92.3 cm³/mol. The quantitative estimate of drug-likeness (QED) is 0.547. The summed E-state index contributed by atoms with van der Waals surface area (Å²) in [5.74, 6) is -1.01. The van der Waals surface area contributed by atoms with Gasteiger partial charge in [-0.2, -0.15) is 24.8 Å². The van der Waals surface area contributed by atoms with E-state index in [9.17, 15) is 9.18 Å². The first-order valence-corrected chi connectivity index (χ1v) is 7.92. The molecule has 3 aromatic rings. The molecule has 0 saturated carbocycles. The molecule has 3 heterocycles. The van der Waals surface area contributed by atoms with E-state index >= 15 is 0 Å². The van der Waals surface area contributed by atoms with Crippen LogP contribution in [0.5, 0.6) is 0 Å². The summed E-state index contributed by atoms with van der Waals surface area (Å²) in [6.07, 6.45) is 2.91. The SMILES string of the molecule is Cc1cc(C)n(Cn2ccc(C(=O)NN=Cc3c(C)nn(C)c3F)n2)n1. The van der Waals surface area contributed by atoms with E-state index in [1.165, 1.54) is 13.3 Å². The van der Waals surface area contributed by atoms with Gasteiger partial charge in [-0.1, -0.05) is 0 Å². The highest BCUT2D eigenvalue weighted by Crippen LogP contribution is 2.08. The molecule has 0 aromatic carbocycles. The zero-order valence-corrected chi connectivity index (χ0v) is 14.9. The van der Waals surface area contributed by atoms with E-state index in [2.05, 4.69) is 25.8 Å². The third-order valence-corrected chi connectivity index (χ3v) is 3.81. The number of carbonyl (C=O) groups excluding carboxylic acids is 1. The maximum Gasteiger partial charge on any atom is 0.291 e. The summed E-state index contributed by atoms with van der Waals surface area (Å²) in [5, 5.41) is 16.3. The number of hydrazone groups is 1. The molecule has 0 saturated heterocycles. The summed E-state index contributed by atoms with van der Waals surface area (Å²) in [6.45, 7) is 5.92. The number of aromatic nitrogens is 6. The van der Waals surface area contributed by atoms with E-state index in [0.717, 1.165) is 16.1 Å². The van der Waals surface area contributed by atoms with E-state index in [1.807, 2.05) is 19.9 Å². The van der Waals surface area contributed by atoms with Crippen LogP contribution in [0.15, 0.2) is 23.4 Å². The van der Waals surface area contributed by atoms with Crippen molar-refractivity contribution >= 4 is 12.1 Å². The van der Waals surface area contributed by atoms with Gasteiger partial charge in [0.15, 0.2) is 5.69 Å². The molecule has 26 heavy (non-hydrogen) atoms. The highest BCUT2D eigenvalue weighted by Gasteiger charge is 2.12. The first kappa shape index (κ1) is 17.5. The Morgan fingerprint density at radius 1 is 1.31 bits per heavy atom. The molecule has 3 rings (SSSR count). The Labute approximate surface area is 149 Å². The number of nitrogens with one attached hydrogen (secondary N) is 1. The fourth-order valence-electron chi connectivity index (χ4n) is 2.52. The minimum atomic E-state index is -0.519. The Morgan fingerprint density at radius 2 is 2.08 bits per heavy atom. The van der Waals surface area contributed by atoms with Gasteiger partial charge in [0.25, 0.3) is 5.91 Å². The van der Waals surface area contributed by atoms with Gasteiger partial charge in [0.05, 0.1) is 23.2 Å². The molecule has 0 fully saturated rings. The Balaban J connectivity index is 1.64. The molecule has 9 nitrogen and oxygen atoms in total. The maximum absolute atomic E-state index is 13.8. The van der Waals surface area contributed by atoms with E-state index in [0.29, 0.717) is 12.4 Å². The molecule has 0 atom stereocenters. The normalized spacial score (nSPS) is 11.4. The van der Waals surface area contributed by atoms with Crippen molar-refractivity contribution in [3.8, 4) is 0 Å². The van der Waals surface area contributed by atoms with Gasteiger partial charge in [-0.3, -0.25) is 9.48 Å². The van der Waals surface area contributed by atoms with Crippen LogP contribution in [0.4, 0.5) is 4.39 Å². The molecule has 0 aliphatic heterocycles. The van der Waals surface area contributed by atoms with Crippen molar-refractivity contribution in [2.45, 2.75) is 27.4 Å². The van der Waals surface area contributed by atoms with Crippen LogP contribution < -0.4 is 5.43 Å². The van der Waals surface area contributed by atoms with Crippen LogP contribution in [0.1, 0.15) is 33.1 Å². The van der Waals surface area contributed by atoms with Crippen molar-refractivity contribution in [2.24, 2.45) is 12.1 Å². The van der Waals surface area contributed by atoms with Gasteiger partial charge < -0.3 is 0 Å². The summed E-state index contributed by atoms with van der Waals surface area (Å²) < 4.78 is 18.3. The summed E-state index contributed by atoms with van der Waals surface area (Å²) in [7, 11) is 1.49. The standard InChI is InChI=1S/C16H19FN8O/c1-10-7-11(2)25(20-10)9-24-6-5-14(22-24)16(26)19-18-8-13-12(3)21-23(4)15(13)17/h5-8H,9H2,1-4H3,(H,19,26). The van der Waals surface area contributed by atoms with Gasteiger partial charge in [-0.15, -0.1) is 0 Å². The number of nitrogens with zero attached hydrogens (tertiary/aromatic N) is 7. The fraction of sp³-hybridized carbons (Fsp3) is 0.312. The number of hydrogen-bond acceptors (Lipinski definition) is 5. The number of carbonyl (C=O) groups is 1. The molecular formula is C16H19FN8O. The van der Waals surface area contributed by atoms with Crippen LogP contribution in [0.2, 0.25) is 0 Å². The summed E-state index contributed by atoms with van der Waals surface area (Å²) >= 11 is 0. The second kappa shape index (κ2) is 6.90. The number of aryl methyl sites for hydroxylation is 4. The second-order valence-corrected chi connectivity index (χ2v) is 5.92. The monoisotopic (exact) mass is 358 g/mol. The highest BCUT2D eigenvalue weighted by molar-refractivity contribution is 5.93. The van der Waals surface area contributed by atoms with Crippen molar-refractivity contribution in [2.75, 3.05) is 0 Å². The van der Waals surface area contributed by atoms with Gasteiger partial charge in [0.2, 0.25) is 5.95 Å². The van der Waals surface area contributed by atoms with Crippen LogP contribution in [0.3, 0.4) is 0 Å². The minimum Gasteiger partial charge on any atom is -0.265 e. The highest BCUT2D eigenvalue weighted by atomic mass is 19.1. The van der Waals surface area contributed by atoms with E-state index in [-0.39, 0.29) is 11.3 Å².